The van der Waals surface area contributed by atoms with E-state index >= 15 is 0 Å². The van der Waals surface area contributed by atoms with Gasteiger partial charge in [0.25, 0.3) is 0 Å². The molecule has 2 fully saturated rings. The Kier molecular flexibility index (Phi) is 8.35. The van der Waals surface area contributed by atoms with Crippen LogP contribution < -0.4 is 0 Å². The van der Waals surface area contributed by atoms with Crippen LogP contribution in [0, 0.1) is 0 Å². The first kappa shape index (κ1) is 21.2. The number of ether oxygens (including phenoxy) is 2. The largest absolute Gasteiger partial charge is 0.465 e. The summed E-state index contributed by atoms with van der Waals surface area (Å²) < 4.78 is 10.9. The third-order valence-corrected chi connectivity index (χ3v) is 5.54. The van der Waals surface area contributed by atoms with Gasteiger partial charge in [0, 0.05) is 26.2 Å². The zero-order chi connectivity index (χ0) is 17.5. The van der Waals surface area contributed by atoms with Gasteiger partial charge in [0.05, 0.1) is 25.2 Å². The van der Waals surface area contributed by atoms with Gasteiger partial charge >= 0.3 is 5.97 Å². The van der Waals surface area contributed by atoms with Gasteiger partial charge in [-0.15, -0.1) is 12.4 Å². The fourth-order valence-corrected chi connectivity index (χ4v) is 3.90. The van der Waals surface area contributed by atoms with Crippen molar-refractivity contribution in [2.75, 3.05) is 59.1 Å². The highest BCUT2D eigenvalue weighted by atomic mass is 35.5. The number of carbonyl (C=O) groups excluding carboxylic acids is 1. The molecule has 0 atom stereocenters. The predicted molar refractivity (Wildman–Crippen MR) is 105 cm³/mol. The van der Waals surface area contributed by atoms with E-state index in [0.29, 0.717) is 6.61 Å². The summed E-state index contributed by atoms with van der Waals surface area (Å²) in [7, 11) is 0. The summed E-state index contributed by atoms with van der Waals surface area (Å²) in [4.78, 5) is 17.7. The minimum atomic E-state index is -0.479. The molecule has 0 spiro atoms. The molecule has 0 amide bonds. The molecule has 0 radical (unpaired) electrons. The van der Waals surface area contributed by atoms with Gasteiger partial charge < -0.3 is 14.4 Å². The smallest absolute Gasteiger partial charge is 0.316 e. The van der Waals surface area contributed by atoms with Crippen LogP contribution in [0.15, 0.2) is 30.3 Å². The molecule has 0 unspecified atom stereocenters. The molecule has 0 saturated carbocycles. The number of hydrogen-bond acceptors (Lipinski definition) is 5. The van der Waals surface area contributed by atoms with Gasteiger partial charge in [0.2, 0.25) is 0 Å². The Morgan fingerprint density at radius 2 is 1.62 bits per heavy atom. The van der Waals surface area contributed by atoms with Crippen molar-refractivity contribution < 1.29 is 14.3 Å². The van der Waals surface area contributed by atoms with E-state index in [1.165, 1.54) is 0 Å². The van der Waals surface area contributed by atoms with Crippen LogP contribution in [0.4, 0.5) is 0 Å². The molecule has 2 saturated heterocycles. The number of carbonyl (C=O) groups is 1. The molecule has 3 rings (SSSR count). The molecule has 0 bridgehead atoms. The molecule has 2 aliphatic heterocycles. The van der Waals surface area contributed by atoms with E-state index in [4.69, 9.17) is 9.47 Å². The van der Waals surface area contributed by atoms with E-state index in [0.717, 1.165) is 70.9 Å². The number of esters is 1. The number of likely N-dealkylation sites (tertiary alicyclic amines) is 1. The Labute approximate surface area is 163 Å². The number of morpholine rings is 1. The standard InChI is InChI=1S/C20H30N2O3.ClH/c1-2-25-19(23)20(18-6-4-3-5-7-18)8-10-21(11-9-20)12-13-22-14-16-24-17-15-22;/h3-7H,2,8-17H2,1H3;1H. The van der Waals surface area contributed by atoms with Crippen molar-refractivity contribution in [2.45, 2.75) is 25.2 Å². The number of halogens is 1. The first-order valence-electron chi connectivity index (χ1n) is 9.50. The van der Waals surface area contributed by atoms with Gasteiger partial charge in [-0.1, -0.05) is 30.3 Å². The van der Waals surface area contributed by atoms with Crippen molar-refractivity contribution in [3.8, 4) is 0 Å². The predicted octanol–water partition coefficient (Wildman–Crippen LogP) is 2.34. The number of piperidine rings is 1. The van der Waals surface area contributed by atoms with Crippen molar-refractivity contribution >= 4 is 18.4 Å². The Morgan fingerprint density at radius 3 is 2.19 bits per heavy atom. The second-order valence-corrected chi connectivity index (χ2v) is 6.96. The quantitative estimate of drug-likeness (QED) is 0.706. The van der Waals surface area contributed by atoms with Gasteiger partial charge in [0.1, 0.15) is 0 Å². The average Bonchev–Trinajstić information content (AvgIpc) is 2.68. The molecule has 0 N–H and O–H groups in total. The molecule has 2 aliphatic rings. The number of rotatable bonds is 6. The number of benzene rings is 1. The van der Waals surface area contributed by atoms with Crippen molar-refractivity contribution in [1.82, 2.24) is 9.80 Å². The molecule has 0 aliphatic carbocycles. The van der Waals surface area contributed by atoms with E-state index in [9.17, 15) is 4.79 Å². The molecule has 146 valence electrons. The lowest BCUT2D eigenvalue weighted by molar-refractivity contribution is -0.152. The fraction of sp³-hybridized carbons (Fsp3) is 0.650. The van der Waals surface area contributed by atoms with Crippen LogP contribution in [-0.4, -0.2) is 74.9 Å². The molecule has 0 aromatic heterocycles. The molecular weight excluding hydrogens is 352 g/mol. The maximum absolute atomic E-state index is 12.8. The van der Waals surface area contributed by atoms with E-state index in [2.05, 4.69) is 21.9 Å². The molecular formula is C20H31ClN2O3. The third kappa shape index (κ3) is 4.97. The average molecular weight is 383 g/mol. The van der Waals surface area contributed by atoms with Crippen molar-refractivity contribution in [2.24, 2.45) is 0 Å². The van der Waals surface area contributed by atoms with Crippen LogP contribution in [0.3, 0.4) is 0 Å². The fourth-order valence-electron chi connectivity index (χ4n) is 3.90. The summed E-state index contributed by atoms with van der Waals surface area (Å²) >= 11 is 0. The first-order valence-corrected chi connectivity index (χ1v) is 9.50. The number of nitrogens with zero attached hydrogens (tertiary/aromatic N) is 2. The van der Waals surface area contributed by atoms with Gasteiger partial charge in [-0.3, -0.25) is 9.69 Å². The summed E-state index contributed by atoms with van der Waals surface area (Å²) in [6, 6.07) is 10.2. The summed E-state index contributed by atoms with van der Waals surface area (Å²) in [5.74, 6) is -0.0611. The maximum atomic E-state index is 12.8. The summed E-state index contributed by atoms with van der Waals surface area (Å²) in [5.41, 5.74) is 0.619. The van der Waals surface area contributed by atoms with Crippen molar-refractivity contribution in [3.63, 3.8) is 0 Å². The summed E-state index contributed by atoms with van der Waals surface area (Å²) in [6.07, 6.45) is 1.66. The third-order valence-electron chi connectivity index (χ3n) is 5.54. The Bertz CT molecular complexity index is 541. The topological polar surface area (TPSA) is 42.0 Å². The summed E-state index contributed by atoms with van der Waals surface area (Å²) in [5, 5.41) is 0. The van der Waals surface area contributed by atoms with Crippen LogP contribution in [0.25, 0.3) is 0 Å². The summed E-state index contributed by atoms with van der Waals surface area (Å²) in [6.45, 7) is 10.1. The van der Waals surface area contributed by atoms with Gasteiger partial charge in [-0.25, -0.2) is 0 Å². The first-order chi connectivity index (χ1) is 12.2. The minimum absolute atomic E-state index is 0. The molecule has 2 heterocycles. The highest BCUT2D eigenvalue weighted by Crippen LogP contribution is 2.36. The normalized spacial score (nSPS) is 21.0. The van der Waals surface area contributed by atoms with Crippen LogP contribution in [-0.2, 0) is 19.7 Å². The highest BCUT2D eigenvalue weighted by molar-refractivity contribution is 5.85. The lowest BCUT2D eigenvalue weighted by Crippen LogP contribution is -2.50. The van der Waals surface area contributed by atoms with E-state index < -0.39 is 5.41 Å². The zero-order valence-electron chi connectivity index (χ0n) is 15.7. The van der Waals surface area contributed by atoms with Gasteiger partial charge in [0.15, 0.2) is 0 Å². The van der Waals surface area contributed by atoms with Crippen molar-refractivity contribution in [1.29, 1.82) is 0 Å². The minimum Gasteiger partial charge on any atom is -0.465 e. The number of hydrogen-bond donors (Lipinski definition) is 0. The SMILES string of the molecule is CCOC(=O)C1(c2ccccc2)CCN(CCN2CCOCC2)CC1.Cl. The monoisotopic (exact) mass is 382 g/mol. The second-order valence-electron chi connectivity index (χ2n) is 6.96. The van der Waals surface area contributed by atoms with Crippen LogP contribution in [0.1, 0.15) is 25.3 Å². The highest BCUT2D eigenvalue weighted by Gasteiger charge is 2.44. The van der Waals surface area contributed by atoms with E-state index in [1.54, 1.807) is 0 Å². The molecule has 6 heteroatoms. The molecule has 5 nitrogen and oxygen atoms in total. The lowest BCUT2D eigenvalue weighted by atomic mass is 9.72. The van der Waals surface area contributed by atoms with Crippen LogP contribution >= 0.6 is 12.4 Å². The van der Waals surface area contributed by atoms with Crippen molar-refractivity contribution in [3.05, 3.63) is 35.9 Å². The Hall–Kier alpha value is -1.14. The zero-order valence-corrected chi connectivity index (χ0v) is 16.5. The van der Waals surface area contributed by atoms with Gasteiger partial charge in [-0.05, 0) is 38.4 Å². The molecule has 1 aromatic rings. The Morgan fingerprint density at radius 1 is 1.04 bits per heavy atom. The lowest BCUT2D eigenvalue weighted by Gasteiger charge is -2.41. The molecule has 26 heavy (non-hydrogen) atoms. The second kappa shape index (κ2) is 10.3. The van der Waals surface area contributed by atoms with E-state index in [1.807, 2.05) is 25.1 Å². The van der Waals surface area contributed by atoms with Gasteiger partial charge in [-0.2, -0.15) is 0 Å². The van der Waals surface area contributed by atoms with Crippen LogP contribution in [0.5, 0.6) is 0 Å². The Balaban J connectivity index is 0.00000243. The molecule has 1 aromatic carbocycles. The van der Waals surface area contributed by atoms with E-state index in [-0.39, 0.29) is 18.4 Å². The van der Waals surface area contributed by atoms with Crippen LogP contribution in [0.2, 0.25) is 0 Å². The maximum Gasteiger partial charge on any atom is 0.316 e.